The highest BCUT2D eigenvalue weighted by Crippen LogP contribution is 2.19. The van der Waals surface area contributed by atoms with Crippen LogP contribution in [0.1, 0.15) is 25.7 Å². The molecule has 2 aromatic rings. The van der Waals surface area contributed by atoms with Crippen molar-refractivity contribution in [3.8, 4) is 11.4 Å². The Kier molecular flexibility index (Phi) is 4.81. The molecule has 0 spiro atoms. The van der Waals surface area contributed by atoms with Crippen LogP contribution < -0.4 is 5.32 Å². The molecule has 0 radical (unpaired) electrons. The normalized spacial score (nSPS) is 10.5. The number of aryl methyl sites for hydroxylation is 1. The van der Waals surface area contributed by atoms with Crippen LogP contribution >= 0.6 is 0 Å². The lowest BCUT2D eigenvalue weighted by atomic mass is 10.2. The third kappa shape index (κ3) is 3.63. The molecule has 0 atom stereocenters. The van der Waals surface area contributed by atoms with Gasteiger partial charge in [-0.3, -0.25) is 4.79 Å². The van der Waals surface area contributed by atoms with Crippen molar-refractivity contribution in [1.82, 2.24) is 15.5 Å². The number of nitrogens with zero attached hydrogens (tertiary/aromatic N) is 2. The molecule has 1 heterocycles. The van der Waals surface area contributed by atoms with Crippen molar-refractivity contribution >= 4 is 5.91 Å². The van der Waals surface area contributed by atoms with Crippen LogP contribution in [0.5, 0.6) is 0 Å². The van der Waals surface area contributed by atoms with E-state index in [4.69, 9.17) is 4.52 Å². The third-order valence-corrected chi connectivity index (χ3v) is 2.72. The zero-order chi connectivity index (χ0) is 14.4. The Bertz CT molecular complexity index is 583. The first-order valence-electron chi connectivity index (χ1n) is 6.55. The number of benzene rings is 1. The number of hydrogen-bond donors (Lipinski definition) is 1. The number of hydrogen-bond acceptors (Lipinski definition) is 4. The fourth-order valence-electron chi connectivity index (χ4n) is 1.68. The van der Waals surface area contributed by atoms with E-state index in [1.807, 2.05) is 6.92 Å². The van der Waals surface area contributed by atoms with Crippen LogP contribution in [0.4, 0.5) is 4.39 Å². The number of rotatable bonds is 6. The van der Waals surface area contributed by atoms with Crippen molar-refractivity contribution in [2.45, 2.75) is 26.2 Å². The van der Waals surface area contributed by atoms with Gasteiger partial charge in [0.05, 0.1) is 5.56 Å². The monoisotopic (exact) mass is 277 g/mol. The second-order valence-electron chi connectivity index (χ2n) is 4.34. The molecule has 1 aromatic heterocycles. The zero-order valence-corrected chi connectivity index (χ0v) is 11.2. The Morgan fingerprint density at radius 3 is 2.95 bits per heavy atom. The van der Waals surface area contributed by atoms with E-state index < -0.39 is 5.82 Å². The molecule has 1 amide bonds. The molecule has 6 heteroatoms. The van der Waals surface area contributed by atoms with E-state index in [1.165, 1.54) is 6.07 Å². The molecule has 0 aliphatic rings. The lowest BCUT2D eigenvalue weighted by Crippen LogP contribution is -2.24. The molecule has 0 saturated carbocycles. The molecule has 1 N–H and O–H groups in total. The first-order valence-corrected chi connectivity index (χ1v) is 6.55. The predicted octanol–water partition coefficient (Wildman–Crippen LogP) is 2.33. The molecule has 0 aliphatic carbocycles. The minimum Gasteiger partial charge on any atom is -0.356 e. The van der Waals surface area contributed by atoms with Gasteiger partial charge in [0.25, 0.3) is 0 Å². The maximum Gasteiger partial charge on any atom is 0.227 e. The van der Waals surface area contributed by atoms with Gasteiger partial charge >= 0.3 is 0 Å². The summed E-state index contributed by atoms with van der Waals surface area (Å²) in [5.41, 5.74) is 0.290. The molecule has 2 rings (SSSR count). The Balaban J connectivity index is 1.96. The molecule has 0 bridgehead atoms. The summed E-state index contributed by atoms with van der Waals surface area (Å²) in [6.07, 6.45) is 1.51. The topological polar surface area (TPSA) is 68.0 Å². The van der Waals surface area contributed by atoms with E-state index >= 15 is 0 Å². The first-order chi connectivity index (χ1) is 9.70. The maximum atomic E-state index is 13.6. The van der Waals surface area contributed by atoms with Gasteiger partial charge in [-0.05, 0) is 18.6 Å². The van der Waals surface area contributed by atoms with Crippen LogP contribution in [-0.4, -0.2) is 22.6 Å². The van der Waals surface area contributed by atoms with Gasteiger partial charge in [0.1, 0.15) is 5.82 Å². The fraction of sp³-hybridized carbons (Fsp3) is 0.357. The van der Waals surface area contributed by atoms with Crippen LogP contribution in [0.25, 0.3) is 11.4 Å². The summed E-state index contributed by atoms with van der Waals surface area (Å²) >= 11 is 0. The van der Waals surface area contributed by atoms with Crippen molar-refractivity contribution in [1.29, 1.82) is 0 Å². The number of carbonyl (C=O) groups excluding carboxylic acids is 1. The van der Waals surface area contributed by atoms with Crippen molar-refractivity contribution in [2.75, 3.05) is 6.54 Å². The predicted molar refractivity (Wildman–Crippen MR) is 71.3 cm³/mol. The lowest BCUT2D eigenvalue weighted by Gasteiger charge is -2.00. The van der Waals surface area contributed by atoms with Crippen LogP contribution in [0, 0.1) is 5.82 Å². The maximum absolute atomic E-state index is 13.6. The number of amides is 1. The summed E-state index contributed by atoms with van der Waals surface area (Å²) in [5.74, 6) is 0.0694. The summed E-state index contributed by atoms with van der Waals surface area (Å²) < 4.78 is 18.6. The van der Waals surface area contributed by atoms with Gasteiger partial charge in [-0.1, -0.05) is 24.2 Å². The molecule has 1 aromatic carbocycles. The molecule has 0 unspecified atom stereocenters. The van der Waals surface area contributed by atoms with E-state index in [9.17, 15) is 9.18 Å². The lowest BCUT2D eigenvalue weighted by molar-refractivity contribution is -0.121. The van der Waals surface area contributed by atoms with Gasteiger partial charge in [0, 0.05) is 19.4 Å². The second kappa shape index (κ2) is 6.79. The van der Waals surface area contributed by atoms with Gasteiger partial charge in [-0.25, -0.2) is 4.39 Å². The molecule has 0 aliphatic heterocycles. The highest BCUT2D eigenvalue weighted by atomic mass is 19.1. The largest absolute Gasteiger partial charge is 0.356 e. The Morgan fingerprint density at radius 1 is 1.40 bits per heavy atom. The summed E-state index contributed by atoms with van der Waals surface area (Å²) in [6.45, 7) is 2.64. The molecule has 106 valence electrons. The summed E-state index contributed by atoms with van der Waals surface area (Å²) in [5, 5.41) is 6.49. The molecule has 0 fully saturated rings. The quantitative estimate of drug-likeness (QED) is 0.880. The molecular formula is C14H16FN3O2. The van der Waals surface area contributed by atoms with Crippen molar-refractivity contribution in [3.05, 3.63) is 36.0 Å². The van der Waals surface area contributed by atoms with E-state index in [1.54, 1.807) is 18.2 Å². The second-order valence-corrected chi connectivity index (χ2v) is 4.34. The van der Waals surface area contributed by atoms with Crippen LogP contribution in [0.2, 0.25) is 0 Å². The van der Waals surface area contributed by atoms with E-state index in [0.717, 1.165) is 6.42 Å². The fourth-order valence-corrected chi connectivity index (χ4v) is 1.68. The summed E-state index contributed by atoms with van der Waals surface area (Å²) in [7, 11) is 0. The van der Waals surface area contributed by atoms with Crippen LogP contribution in [-0.2, 0) is 11.2 Å². The standard InChI is InChI=1S/C14H16FN3O2/c1-2-9-16-12(19)7-8-13-17-14(18-20-13)10-5-3-4-6-11(10)15/h3-6H,2,7-9H2,1H3,(H,16,19). The minimum absolute atomic E-state index is 0.0579. The van der Waals surface area contributed by atoms with E-state index in [0.29, 0.717) is 18.9 Å². The van der Waals surface area contributed by atoms with Gasteiger partial charge in [0.2, 0.25) is 17.6 Å². The van der Waals surface area contributed by atoms with Crippen molar-refractivity contribution < 1.29 is 13.7 Å². The number of carbonyl (C=O) groups is 1. The van der Waals surface area contributed by atoms with Gasteiger partial charge in [0.15, 0.2) is 0 Å². The van der Waals surface area contributed by atoms with Crippen molar-refractivity contribution in [2.24, 2.45) is 0 Å². The SMILES string of the molecule is CCCNC(=O)CCc1nc(-c2ccccc2F)no1. The summed E-state index contributed by atoms with van der Waals surface area (Å²) in [4.78, 5) is 15.5. The van der Waals surface area contributed by atoms with Gasteiger partial charge in [-0.15, -0.1) is 0 Å². The highest BCUT2D eigenvalue weighted by molar-refractivity contribution is 5.75. The van der Waals surface area contributed by atoms with Crippen molar-refractivity contribution in [3.63, 3.8) is 0 Å². The number of halogens is 1. The summed E-state index contributed by atoms with van der Waals surface area (Å²) in [6, 6.07) is 6.21. The van der Waals surface area contributed by atoms with Crippen LogP contribution in [0.3, 0.4) is 0 Å². The number of nitrogens with one attached hydrogen (secondary N) is 1. The van der Waals surface area contributed by atoms with Gasteiger partial charge < -0.3 is 9.84 Å². The molecular weight excluding hydrogens is 261 g/mol. The smallest absolute Gasteiger partial charge is 0.227 e. The Labute approximate surface area is 116 Å². The number of aromatic nitrogens is 2. The van der Waals surface area contributed by atoms with Gasteiger partial charge in [-0.2, -0.15) is 4.98 Å². The Morgan fingerprint density at radius 2 is 2.20 bits per heavy atom. The zero-order valence-electron chi connectivity index (χ0n) is 11.2. The molecule has 20 heavy (non-hydrogen) atoms. The molecule has 0 saturated heterocycles. The van der Waals surface area contributed by atoms with Crippen LogP contribution in [0.15, 0.2) is 28.8 Å². The molecule has 5 nitrogen and oxygen atoms in total. The average Bonchev–Trinajstić information content (AvgIpc) is 2.92. The third-order valence-electron chi connectivity index (χ3n) is 2.72. The van der Waals surface area contributed by atoms with E-state index in [-0.39, 0.29) is 23.7 Å². The average molecular weight is 277 g/mol. The highest BCUT2D eigenvalue weighted by Gasteiger charge is 2.13. The first kappa shape index (κ1) is 14.2. The minimum atomic E-state index is -0.402. The Hall–Kier alpha value is -2.24. The van der Waals surface area contributed by atoms with E-state index in [2.05, 4.69) is 15.5 Å².